The van der Waals surface area contributed by atoms with Crippen LogP contribution in [0.25, 0.3) is 0 Å². The average Bonchev–Trinajstić information content (AvgIpc) is 2.47. The Bertz CT molecular complexity index is 500. The van der Waals surface area contributed by atoms with Gasteiger partial charge in [0.15, 0.2) is 11.5 Å². The highest BCUT2D eigenvalue weighted by Crippen LogP contribution is 2.31. The summed E-state index contributed by atoms with van der Waals surface area (Å²) in [6.07, 6.45) is 4.10. The predicted octanol–water partition coefficient (Wildman–Crippen LogP) is 1.45. The maximum absolute atomic E-state index is 11.6. The first-order valence-corrected chi connectivity index (χ1v) is 7.13. The van der Waals surface area contributed by atoms with Gasteiger partial charge in [-0.1, -0.05) is 18.2 Å². The molecule has 2 rings (SSSR count). The second-order valence-corrected chi connectivity index (χ2v) is 5.24. The van der Waals surface area contributed by atoms with E-state index in [1.54, 1.807) is 6.08 Å². The number of amides is 1. The van der Waals surface area contributed by atoms with Crippen LogP contribution in [0.1, 0.15) is 6.42 Å². The summed E-state index contributed by atoms with van der Waals surface area (Å²) in [4.78, 5) is 13.6. The normalized spacial score (nSPS) is 17.2. The van der Waals surface area contributed by atoms with E-state index in [0.717, 1.165) is 24.5 Å². The number of para-hydroxylation sites is 2. The molecule has 114 valence electrons. The van der Waals surface area contributed by atoms with Crippen LogP contribution in [-0.2, 0) is 4.79 Å². The molecule has 5 nitrogen and oxygen atoms in total. The van der Waals surface area contributed by atoms with Crippen LogP contribution in [-0.4, -0.2) is 50.7 Å². The number of benzene rings is 1. The maximum atomic E-state index is 11.6. The molecule has 1 aliphatic heterocycles. The van der Waals surface area contributed by atoms with Gasteiger partial charge in [0.05, 0.1) is 0 Å². The third-order valence-electron chi connectivity index (χ3n) is 3.07. The van der Waals surface area contributed by atoms with Crippen molar-refractivity contribution >= 4 is 5.91 Å². The summed E-state index contributed by atoms with van der Waals surface area (Å²) >= 11 is 0. The molecule has 21 heavy (non-hydrogen) atoms. The van der Waals surface area contributed by atoms with Crippen molar-refractivity contribution in [2.45, 2.75) is 12.5 Å². The Hall–Kier alpha value is -2.01. The third kappa shape index (κ3) is 5.11. The van der Waals surface area contributed by atoms with Crippen molar-refractivity contribution in [1.29, 1.82) is 0 Å². The van der Waals surface area contributed by atoms with E-state index in [0.29, 0.717) is 13.2 Å². The highest BCUT2D eigenvalue weighted by molar-refractivity contribution is 5.87. The molecule has 1 atom stereocenters. The number of hydrogen-bond acceptors (Lipinski definition) is 4. The van der Waals surface area contributed by atoms with Gasteiger partial charge in [-0.3, -0.25) is 4.79 Å². The van der Waals surface area contributed by atoms with Crippen LogP contribution in [0.4, 0.5) is 0 Å². The fourth-order valence-electron chi connectivity index (χ4n) is 1.99. The molecular weight excluding hydrogens is 268 g/mol. The summed E-state index contributed by atoms with van der Waals surface area (Å²) in [6, 6.07) is 7.62. The first-order valence-electron chi connectivity index (χ1n) is 7.13. The standard InChI is InChI=1S/C16H22N2O3/c1-18(2)11-5-8-16(19)17-10-9-13-12-20-14-6-3-4-7-15(14)21-13/h3-8,13H,9-12H2,1-2H3,(H,17,19)/b8-5+. The van der Waals surface area contributed by atoms with Crippen molar-refractivity contribution < 1.29 is 14.3 Å². The summed E-state index contributed by atoms with van der Waals surface area (Å²) in [5, 5.41) is 2.85. The minimum Gasteiger partial charge on any atom is -0.486 e. The molecule has 0 bridgehead atoms. The lowest BCUT2D eigenvalue weighted by molar-refractivity contribution is -0.116. The number of fused-ring (bicyclic) bond motifs is 1. The minimum atomic E-state index is -0.0750. The number of nitrogens with one attached hydrogen (secondary N) is 1. The zero-order valence-electron chi connectivity index (χ0n) is 12.5. The molecule has 1 unspecified atom stereocenters. The molecule has 0 saturated heterocycles. The molecule has 1 N–H and O–H groups in total. The summed E-state index contributed by atoms with van der Waals surface area (Å²) in [5.74, 6) is 1.48. The number of rotatable bonds is 6. The Morgan fingerprint density at radius 3 is 2.90 bits per heavy atom. The quantitative estimate of drug-likeness (QED) is 0.806. The first kappa shape index (κ1) is 15.4. The molecule has 0 fully saturated rings. The van der Waals surface area contributed by atoms with E-state index in [1.807, 2.05) is 49.3 Å². The van der Waals surface area contributed by atoms with E-state index < -0.39 is 0 Å². The first-order chi connectivity index (χ1) is 10.1. The lowest BCUT2D eigenvalue weighted by Gasteiger charge is -2.26. The van der Waals surface area contributed by atoms with Gasteiger partial charge in [0.1, 0.15) is 12.7 Å². The fraction of sp³-hybridized carbons (Fsp3) is 0.438. The van der Waals surface area contributed by atoms with Crippen LogP contribution < -0.4 is 14.8 Å². The molecule has 0 saturated carbocycles. The van der Waals surface area contributed by atoms with Crippen molar-refractivity contribution in [2.75, 3.05) is 33.8 Å². The highest BCUT2D eigenvalue weighted by atomic mass is 16.6. The van der Waals surface area contributed by atoms with Gasteiger partial charge in [0, 0.05) is 25.6 Å². The number of hydrogen-bond donors (Lipinski definition) is 1. The zero-order valence-corrected chi connectivity index (χ0v) is 12.5. The number of carbonyl (C=O) groups excluding carboxylic acids is 1. The Morgan fingerprint density at radius 1 is 1.38 bits per heavy atom. The van der Waals surface area contributed by atoms with Gasteiger partial charge >= 0.3 is 0 Å². The van der Waals surface area contributed by atoms with Crippen molar-refractivity contribution in [2.24, 2.45) is 0 Å². The fourth-order valence-corrected chi connectivity index (χ4v) is 1.99. The predicted molar refractivity (Wildman–Crippen MR) is 81.7 cm³/mol. The Labute approximate surface area is 125 Å². The summed E-state index contributed by atoms with van der Waals surface area (Å²) in [7, 11) is 3.92. The van der Waals surface area contributed by atoms with Gasteiger partial charge in [-0.2, -0.15) is 0 Å². The van der Waals surface area contributed by atoms with Crippen molar-refractivity contribution in [3.8, 4) is 11.5 Å². The van der Waals surface area contributed by atoms with Crippen LogP contribution in [0.5, 0.6) is 11.5 Å². The lowest BCUT2D eigenvalue weighted by Crippen LogP contribution is -2.33. The molecule has 5 heteroatoms. The number of ether oxygens (including phenoxy) is 2. The van der Waals surface area contributed by atoms with Crippen molar-refractivity contribution in [3.05, 3.63) is 36.4 Å². The monoisotopic (exact) mass is 290 g/mol. The minimum absolute atomic E-state index is 0.0223. The number of carbonyl (C=O) groups is 1. The summed E-state index contributed by atoms with van der Waals surface area (Å²) in [5.41, 5.74) is 0. The van der Waals surface area contributed by atoms with Crippen LogP contribution in [0.15, 0.2) is 36.4 Å². The molecule has 1 heterocycles. The van der Waals surface area contributed by atoms with E-state index in [9.17, 15) is 4.79 Å². The SMILES string of the molecule is CN(C)C/C=C/C(=O)NCCC1COc2ccccc2O1. The van der Waals surface area contributed by atoms with Crippen LogP contribution in [0.3, 0.4) is 0 Å². The average molecular weight is 290 g/mol. The van der Waals surface area contributed by atoms with Gasteiger partial charge < -0.3 is 19.7 Å². The second-order valence-electron chi connectivity index (χ2n) is 5.24. The summed E-state index contributed by atoms with van der Waals surface area (Å²) in [6.45, 7) is 1.84. The Morgan fingerprint density at radius 2 is 2.14 bits per heavy atom. The third-order valence-corrected chi connectivity index (χ3v) is 3.07. The van der Waals surface area contributed by atoms with Crippen molar-refractivity contribution in [1.82, 2.24) is 10.2 Å². The van der Waals surface area contributed by atoms with Gasteiger partial charge in [-0.15, -0.1) is 0 Å². The largest absolute Gasteiger partial charge is 0.486 e. The molecule has 1 aromatic carbocycles. The van der Waals surface area contributed by atoms with E-state index in [4.69, 9.17) is 9.47 Å². The highest BCUT2D eigenvalue weighted by Gasteiger charge is 2.20. The topological polar surface area (TPSA) is 50.8 Å². The van der Waals surface area contributed by atoms with Crippen LogP contribution in [0, 0.1) is 0 Å². The molecule has 0 aliphatic carbocycles. The molecule has 0 spiro atoms. The molecule has 1 aliphatic rings. The second kappa shape index (κ2) is 7.69. The van der Waals surface area contributed by atoms with Gasteiger partial charge in [-0.25, -0.2) is 0 Å². The number of nitrogens with zero attached hydrogens (tertiary/aromatic N) is 1. The van der Waals surface area contributed by atoms with Gasteiger partial charge in [0.2, 0.25) is 5.91 Å². The van der Waals surface area contributed by atoms with Gasteiger partial charge in [0.25, 0.3) is 0 Å². The van der Waals surface area contributed by atoms with E-state index >= 15 is 0 Å². The van der Waals surface area contributed by atoms with Gasteiger partial charge in [-0.05, 0) is 26.2 Å². The van der Waals surface area contributed by atoms with Crippen molar-refractivity contribution in [3.63, 3.8) is 0 Å². The molecule has 1 aromatic rings. The Balaban J connectivity index is 1.68. The molecule has 0 radical (unpaired) electrons. The molecular formula is C16H22N2O3. The van der Waals surface area contributed by atoms with Crippen LogP contribution in [0.2, 0.25) is 0 Å². The van der Waals surface area contributed by atoms with E-state index in [-0.39, 0.29) is 12.0 Å². The number of likely N-dealkylation sites (N-methyl/N-ethyl adjacent to an activating group) is 1. The van der Waals surface area contributed by atoms with E-state index in [1.165, 1.54) is 0 Å². The van der Waals surface area contributed by atoms with Crippen LogP contribution >= 0.6 is 0 Å². The Kier molecular flexibility index (Phi) is 5.63. The maximum Gasteiger partial charge on any atom is 0.243 e. The molecule has 0 aromatic heterocycles. The zero-order chi connectivity index (χ0) is 15.1. The smallest absolute Gasteiger partial charge is 0.243 e. The molecule has 1 amide bonds. The lowest BCUT2D eigenvalue weighted by atomic mass is 10.2. The summed E-state index contributed by atoms with van der Waals surface area (Å²) < 4.78 is 11.5. The van der Waals surface area contributed by atoms with E-state index in [2.05, 4.69) is 5.32 Å².